The summed E-state index contributed by atoms with van der Waals surface area (Å²) < 4.78 is 5.29. The Balaban J connectivity index is 1.78. The number of rotatable bonds is 3. The van der Waals surface area contributed by atoms with Gasteiger partial charge in [0.1, 0.15) is 11.9 Å². The molecule has 1 amide bonds. The number of ether oxygens (including phenoxy) is 1. The van der Waals surface area contributed by atoms with Crippen molar-refractivity contribution in [2.24, 2.45) is 0 Å². The lowest BCUT2D eigenvalue weighted by atomic mass is 10.1. The summed E-state index contributed by atoms with van der Waals surface area (Å²) in [6, 6.07) is 7.48. The van der Waals surface area contributed by atoms with Crippen molar-refractivity contribution in [1.82, 2.24) is 4.90 Å². The van der Waals surface area contributed by atoms with Crippen molar-refractivity contribution in [3.63, 3.8) is 0 Å². The molecular weight excluding hydrogens is 256 g/mol. The summed E-state index contributed by atoms with van der Waals surface area (Å²) >= 11 is 0. The third kappa shape index (κ3) is 3.73. The second-order valence-corrected chi connectivity index (χ2v) is 5.97. The molecule has 1 heterocycles. The molecule has 1 N–H and O–H groups in total. The van der Waals surface area contributed by atoms with E-state index in [0.29, 0.717) is 18.7 Å². The number of carbonyl (C=O) groups is 2. The number of amides is 1. The number of likely N-dealkylation sites (tertiary alicyclic amines) is 1. The zero-order valence-corrected chi connectivity index (χ0v) is 12.1. The van der Waals surface area contributed by atoms with Gasteiger partial charge in [-0.05, 0) is 45.0 Å². The first-order chi connectivity index (χ1) is 9.37. The second kappa shape index (κ2) is 5.53. The van der Waals surface area contributed by atoms with Gasteiger partial charge in [-0.15, -0.1) is 0 Å². The molecule has 108 valence electrons. The topological polar surface area (TPSA) is 58.6 Å². The maximum Gasteiger partial charge on any atom is 0.410 e. The van der Waals surface area contributed by atoms with E-state index in [1.54, 1.807) is 17.0 Å². The van der Waals surface area contributed by atoms with Crippen LogP contribution in [0.15, 0.2) is 24.3 Å². The normalized spacial score (nSPS) is 15.4. The number of nitrogens with zero attached hydrogens (tertiary/aromatic N) is 1. The van der Waals surface area contributed by atoms with Crippen LogP contribution < -0.4 is 5.32 Å². The molecule has 0 spiro atoms. The largest absolute Gasteiger partial charge is 0.444 e. The number of nitrogens with one attached hydrogen (secondary N) is 1. The molecule has 0 atom stereocenters. The number of anilines is 1. The van der Waals surface area contributed by atoms with Crippen molar-refractivity contribution in [1.29, 1.82) is 0 Å². The lowest BCUT2D eigenvalue weighted by Gasteiger charge is -2.40. The van der Waals surface area contributed by atoms with Crippen molar-refractivity contribution in [2.75, 3.05) is 18.4 Å². The Hall–Kier alpha value is -2.04. The monoisotopic (exact) mass is 276 g/mol. The summed E-state index contributed by atoms with van der Waals surface area (Å²) in [5, 5.41) is 3.31. The van der Waals surface area contributed by atoms with E-state index in [4.69, 9.17) is 4.74 Å². The van der Waals surface area contributed by atoms with Gasteiger partial charge in [0, 0.05) is 24.3 Å². The van der Waals surface area contributed by atoms with Crippen LogP contribution in [0.2, 0.25) is 0 Å². The van der Waals surface area contributed by atoms with Gasteiger partial charge in [-0.1, -0.05) is 0 Å². The van der Waals surface area contributed by atoms with Gasteiger partial charge < -0.3 is 15.0 Å². The fourth-order valence-corrected chi connectivity index (χ4v) is 1.94. The molecule has 1 aliphatic heterocycles. The SMILES string of the molecule is CC(C)(C)OC(=O)N1CC(Nc2ccc(C=O)cc2)C1. The van der Waals surface area contributed by atoms with Crippen LogP contribution in [0.1, 0.15) is 31.1 Å². The Labute approximate surface area is 118 Å². The first kappa shape index (κ1) is 14.4. The van der Waals surface area contributed by atoms with Gasteiger partial charge in [0.05, 0.1) is 6.04 Å². The van der Waals surface area contributed by atoms with Gasteiger partial charge in [0.2, 0.25) is 0 Å². The molecule has 0 radical (unpaired) electrons. The third-order valence-electron chi connectivity index (χ3n) is 2.95. The minimum Gasteiger partial charge on any atom is -0.444 e. The van der Waals surface area contributed by atoms with Crippen LogP contribution in [0.25, 0.3) is 0 Å². The first-order valence-electron chi connectivity index (χ1n) is 6.67. The Bertz CT molecular complexity index is 485. The van der Waals surface area contributed by atoms with E-state index < -0.39 is 5.60 Å². The predicted molar refractivity (Wildman–Crippen MR) is 77.0 cm³/mol. The minimum absolute atomic E-state index is 0.226. The fraction of sp³-hybridized carbons (Fsp3) is 0.467. The number of benzene rings is 1. The highest BCUT2D eigenvalue weighted by atomic mass is 16.6. The molecule has 1 saturated heterocycles. The summed E-state index contributed by atoms with van der Waals surface area (Å²) in [6.07, 6.45) is 0.545. The highest BCUT2D eigenvalue weighted by Gasteiger charge is 2.33. The van der Waals surface area contributed by atoms with Gasteiger partial charge in [0.25, 0.3) is 0 Å². The maximum atomic E-state index is 11.8. The van der Waals surface area contributed by atoms with E-state index in [-0.39, 0.29) is 12.1 Å². The summed E-state index contributed by atoms with van der Waals surface area (Å²) in [6.45, 7) is 6.83. The molecule has 0 unspecified atom stereocenters. The van der Waals surface area contributed by atoms with E-state index in [1.807, 2.05) is 32.9 Å². The zero-order chi connectivity index (χ0) is 14.8. The Morgan fingerprint density at radius 3 is 2.40 bits per heavy atom. The molecule has 20 heavy (non-hydrogen) atoms. The first-order valence-corrected chi connectivity index (χ1v) is 6.67. The van der Waals surface area contributed by atoms with Gasteiger partial charge >= 0.3 is 6.09 Å². The van der Waals surface area contributed by atoms with Gasteiger partial charge in [-0.3, -0.25) is 4.79 Å². The molecule has 2 rings (SSSR count). The van der Waals surface area contributed by atoms with Gasteiger partial charge in [0.15, 0.2) is 0 Å². The van der Waals surface area contributed by atoms with Gasteiger partial charge in [-0.25, -0.2) is 4.79 Å². The molecular formula is C15H20N2O3. The molecule has 5 heteroatoms. The lowest BCUT2D eigenvalue weighted by Crippen LogP contribution is -2.57. The van der Waals surface area contributed by atoms with Crippen LogP contribution >= 0.6 is 0 Å². The average molecular weight is 276 g/mol. The number of hydrogen-bond acceptors (Lipinski definition) is 4. The number of aldehydes is 1. The van der Waals surface area contributed by atoms with Crippen molar-refractivity contribution in [2.45, 2.75) is 32.4 Å². The Morgan fingerprint density at radius 2 is 1.90 bits per heavy atom. The van der Waals surface area contributed by atoms with E-state index in [1.165, 1.54) is 0 Å². The summed E-state index contributed by atoms with van der Waals surface area (Å²) in [4.78, 5) is 24.0. The maximum absolute atomic E-state index is 11.8. The summed E-state index contributed by atoms with van der Waals surface area (Å²) in [5.74, 6) is 0. The molecule has 5 nitrogen and oxygen atoms in total. The van der Waals surface area contributed by atoms with Crippen molar-refractivity contribution >= 4 is 18.1 Å². The van der Waals surface area contributed by atoms with Crippen LogP contribution in [0.4, 0.5) is 10.5 Å². The van der Waals surface area contributed by atoms with E-state index in [9.17, 15) is 9.59 Å². The van der Waals surface area contributed by atoms with Gasteiger partial charge in [-0.2, -0.15) is 0 Å². The predicted octanol–water partition coefficient (Wildman–Crippen LogP) is 2.53. The quantitative estimate of drug-likeness (QED) is 0.862. The van der Waals surface area contributed by atoms with E-state index in [0.717, 1.165) is 12.0 Å². The van der Waals surface area contributed by atoms with E-state index in [2.05, 4.69) is 5.32 Å². The third-order valence-corrected chi connectivity index (χ3v) is 2.95. The Morgan fingerprint density at radius 1 is 1.30 bits per heavy atom. The van der Waals surface area contributed by atoms with Crippen LogP contribution in [0.5, 0.6) is 0 Å². The van der Waals surface area contributed by atoms with Crippen molar-refractivity contribution < 1.29 is 14.3 Å². The highest BCUT2D eigenvalue weighted by molar-refractivity contribution is 5.75. The zero-order valence-electron chi connectivity index (χ0n) is 12.1. The highest BCUT2D eigenvalue weighted by Crippen LogP contribution is 2.18. The molecule has 1 aromatic carbocycles. The second-order valence-electron chi connectivity index (χ2n) is 5.97. The smallest absolute Gasteiger partial charge is 0.410 e. The molecule has 0 aromatic heterocycles. The van der Waals surface area contributed by atoms with Crippen LogP contribution in [0.3, 0.4) is 0 Å². The summed E-state index contributed by atoms with van der Waals surface area (Å²) in [5.41, 5.74) is 1.14. The molecule has 1 aromatic rings. The molecule has 1 aliphatic rings. The number of carbonyl (C=O) groups excluding carboxylic acids is 2. The Kier molecular flexibility index (Phi) is 3.97. The molecule has 0 bridgehead atoms. The van der Waals surface area contributed by atoms with Crippen molar-refractivity contribution in [3.05, 3.63) is 29.8 Å². The lowest BCUT2D eigenvalue weighted by molar-refractivity contribution is 0.0105. The molecule has 0 saturated carbocycles. The van der Waals surface area contributed by atoms with Crippen LogP contribution in [-0.2, 0) is 4.74 Å². The number of hydrogen-bond donors (Lipinski definition) is 1. The fourth-order valence-electron chi connectivity index (χ4n) is 1.94. The van der Waals surface area contributed by atoms with Crippen LogP contribution in [-0.4, -0.2) is 42.0 Å². The molecule has 1 fully saturated rings. The summed E-state index contributed by atoms with van der Waals surface area (Å²) in [7, 11) is 0. The minimum atomic E-state index is -0.458. The molecule has 0 aliphatic carbocycles. The standard InChI is InChI=1S/C15H20N2O3/c1-15(2,3)20-14(19)17-8-13(9-17)16-12-6-4-11(10-18)5-7-12/h4-7,10,13,16H,8-9H2,1-3H3. The average Bonchev–Trinajstić information content (AvgIpc) is 2.31. The van der Waals surface area contributed by atoms with Crippen molar-refractivity contribution in [3.8, 4) is 0 Å². The van der Waals surface area contributed by atoms with Crippen LogP contribution in [0, 0.1) is 0 Å². The van der Waals surface area contributed by atoms with E-state index >= 15 is 0 Å².